The van der Waals surface area contributed by atoms with Gasteiger partial charge in [0.1, 0.15) is 0 Å². The summed E-state index contributed by atoms with van der Waals surface area (Å²) in [7, 11) is 0. The van der Waals surface area contributed by atoms with Crippen molar-refractivity contribution in [3.63, 3.8) is 0 Å². The number of amides is 1. The molecule has 0 spiro atoms. The van der Waals surface area contributed by atoms with Crippen LogP contribution in [0, 0.1) is 5.92 Å². The predicted molar refractivity (Wildman–Crippen MR) is 66.2 cm³/mol. The molecule has 4 nitrogen and oxygen atoms in total. The Morgan fingerprint density at radius 3 is 2.75 bits per heavy atom. The van der Waals surface area contributed by atoms with Crippen molar-refractivity contribution < 1.29 is 9.90 Å². The van der Waals surface area contributed by atoms with Crippen LogP contribution in [0.1, 0.15) is 20.3 Å². The number of aliphatic hydroxyl groups is 1. The predicted octanol–water partition coefficient (Wildman–Crippen LogP) is 0.629. The Hall–Kier alpha value is -0.870. The molecule has 0 aromatic carbocycles. The summed E-state index contributed by atoms with van der Waals surface area (Å²) in [6.07, 6.45) is 2.73. The lowest BCUT2D eigenvalue weighted by molar-refractivity contribution is -0.122. The molecule has 0 rings (SSSR count). The third-order valence-electron chi connectivity index (χ3n) is 2.21. The Balaban J connectivity index is 3.76. The van der Waals surface area contributed by atoms with Crippen molar-refractivity contribution in [3.8, 4) is 0 Å². The van der Waals surface area contributed by atoms with E-state index in [4.69, 9.17) is 5.11 Å². The summed E-state index contributed by atoms with van der Waals surface area (Å²) in [5.41, 5.74) is 0. The summed E-state index contributed by atoms with van der Waals surface area (Å²) >= 11 is 0. The summed E-state index contributed by atoms with van der Waals surface area (Å²) < 4.78 is 0. The van der Waals surface area contributed by atoms with Crippen LogP contribution in [0.15, 0.2) is 12.7 Å². The lowest BCUT2D eigenvalue weighted by Gasteiger charge is -2.18. The van der Waals surface area contributed by atoms with E-state index in [-0.39, 0.29) is 12.5 Å². The highest BCUT2D eigenvalue weighted by Gasteiger charge is 2.08. The van der Waals surface area contributed by atoms with Gasteiger partial charge in [-0.05, 0) is 12.3 Å². The molecular formula is C12H24N2O2. The van der Waals surface area contributed by atoms with Crippen molar-refractivity contribution in [1.82, 2.24) is 10.2 Å². The molecule has 1 amide bonds. The van der Waals surface area contributed by atoms with Crippen LogP contribution in [-0.2, 0) is 4.79 Å². The first-order valence-corrected chi connectivity index (χ1v) is 5.81. The second kappa shape index (κ2) is 9.36. The molecule has 0 heterocycles. The number of carbonyl (C=O) groups excluding carboxylic acids is 1. The monoisotopic (exact) mass is 228 g/mol. The van der Waals surface area contributed by atoms with Crippen LogP contribution in [0.2, 0.25) is 0 Å². The molecule has 16 heavy (non-hydrogen) atoms. The molecule has 0 bridgehead atoms. The van der Waals surface area contributed by atoms with Crippen LogP contribution >= 0.6 is 0 Å². The molecule has 0 aliphatic rings. The van der Waals surface area contributed by atoms with Gasteiger partial charge in [0.25, 0.3) is 0 Å². The average molecular weight is 228 g/mol. The summed E-state index contributed by atoms with van der Waals surface area (Å²) in [6, 6.07) is 0. The first kappa shape index (κ1) is 15.1. The van der Waals surface area contributed by atoms with Gasteiger partial charge in [0.05, 0.1) is 13.2 Å². The minimum absolute atomic E-state index is 0.0101. The number of hydrogen-bond donors (Lipinski definition) is 2. The highest BCUT2D eigenvalue weighted by Crippen LogP contribution is 1.96. The van der Waals surface area contributed by atoms with Crippen molar-refractivity contribution in [3.05, 3.63) is 12.7 Å². The number of hydrogen-bond acceptors (Lipinski definition) is 3. The lowest BCUT2D eigenvalue weighted by Crippen LogP contribution is -2.39. The molecule has 0 saturated heterocycles. The number of nitrogens with one attached hydrogen (secondary N) is 1. The van der Waals surface area contributed by atoms with Crippen molar-refractivity contribution in [2.24, 2.45) is 5.92 Å². The fourth-order valence-corrected chi connectivity index (χ4v) is 1.32. The summed E-state index contributed by atoms with van der Waals surface area (Å²) in [5, 5.41) is 11.7. The van der Waals surface area contributed by atoms with E-state index in [0.717, 1.165) is 13.0 Å². The van der Waals surface area contributed by atoms with Crippen LogP contribution < -0.4 is 5.32 Å². The van der Waals surface area contributed by atoms with Crippen LogP contribution in [0.4, 0.5) is 0 Å². The molecule has 0 unspecified atom stereocenters. The van der Waals surface area contributed by atoms with Crippen LogP contribution in [0.3, 0.4) is 0 Å². The number of nitrogens with zero attached hydrogens (tertiary/aromatic N) is 1. The van der Waals surface area contributed by atoms with Gasteiger partial charge in [0.15, 0.2) is 0 Å². The molecular weight excluding hydrogens is 204 g/mol. The zero-order chi connectivity index (χ0) is 12.4. The van der Waals surface area contributed by atoms with Crippen LogP contribution in [-0.4, -0.2) is 48.7 Å². The molecule has 0 aromatic rings. The first-order valence-electron chi connectivity index (χ1n) is 5.81. The molecule has 2 N–H and O–H groups in total. The Morgan fingerprint density at radius 1 is 1.56 bits per heavy atom. The van der Waals surface area contributed by atoms with Gasteiger partial charge in [-0.1, -0.05) is 19.9 Å². The zero-order valence-corrected chi connectivity index (χ0v) is 10.4. The van der Waals surface area contributed by atoms with Crippen molar-refractivity contribution >= 4 is 5.91 Å². The Labute approximate surface area is 98.3 Å². The van der Waals surface area contributed by atoms with Gasteiger partial charge in [-0.3, -0.25) is 9.69 Å². The minimum atomic E-state index is 0.0101. The molecule has 0 aromatic heterocycles. The van der Waals surface area contributed by atoms with Gasteiger partial charge in [0, 0.05) is 19.6 Å². The van der Waals surface area contributed by atoms with Gasteiger partial charge >= 0.3 is 0 Å². The number of aliphatic hydroxyl groups excluding tert-OH is 1. The van der Waals surface area contributed by atoms with Crippen molar-refractivity contribution in [2.45, 2.75) is 20.3 Å². The third kappa shape index (κ3) is 8.44. The molecule has 4 heteroatoms. The van der Waals surface area contributed by atoms with Gasteiger partial charge in [-0.2, -0.15) is 0 Å². The first-order chi connectivity index (χ1) is 7.60. The van der Waals surface area contributed by atoms with E-state index in [2.05, 4.69) is 25.7 Å². The van der Waals surface area contributed by atoms with E-state index in [1.807, 2.05) is 4.90 Å². The maximum atomic E-state index is 11.5. The van der Waals surface area contributed by atoms with Gasteiger partial charge < -0.3 is 10.4 Å². The molecule has 0 radical (unpaired) electrons. The SMILES string of the molecule is C=CCN(CCO)CC(=O)NCCC(C)C. The lowest BCUT2D eigenvalue weighted by atomic mass is 10.1. The Kier molecular flexibility index (Phi) is 8.85. The topological polar surface area (TPSA) is 52.6 Å². The van der Waals surface area contributed by atoms with Crippen molar-refractivity contribution in [2.75, 3.05) is 32.8 Å². The number of rotatable bonds is 9. The van der Waals surface area contributed by atoms with Crippen LogP contribution in [0.25, 0.3) is 0 Å². The molecule has 0 fully saturated rings. The Bertz CT molecular complexity index is 205. The quantitative estimate of drug-likeness (QED) is 0.569. The van der Waals surface area contributed by atoms with E-state index in [1.54, 1.807) is 6.08 Å². The van der Waals surface area contributed by atoms with E-state index in [1.165, 1.54) is 0 Å². The minimum Gasteiger partial charge on any atom is -0.395 e. The third-order valence-corrected chi connectivity index (χ3v) is 2.21. The molecule has 0 aliphatic heterocycles. The van der Waals surface area contributed by atoms with E-state index < -0.39 is 0 Å². The summed E-state index contributed by atoms with van der Waals surface area (Å²) in [4.78, 5) is 13.4. The standard InChI is InChI=1S/C12H24N2O2/c1-4-7-14(8-9-15)10-12(16)13-6-5-11(2)3/h4,11,15H,1,5-10H2,2-3H3,(H,13,16). The van der Waals surface area contributed by atoms with Gasteiger partial charge in [-0.25, -0.2) is 0 Å². The van der Waals surface area contributed by atoms with Crippen molar-refractivity contribution in [1.29, 1.82) is 0 Å². The number of carbonyl (C=O) groups is 1. The van der Waals surface area contributed by atoms with E-state index in [0.29, 0.717) is 25.6 Å². The maximum absolute atomic E-state index is 11.5. The molecule has 0 aliphatic carbocycles. The van der Waals surface area contributed by atoms with E-state index >= 15 is 0 Å². The second-order valence-electron chi connectivity index (χ2n) is 4.28. The summed E-state index contributed by atoms with van der Waals surface area (Å²) in [6.45, 7) is 10.1. The highest BCUT2D eigenvalue weighted by molar-refractivity contribution is 5.77. The smallest absolute Gasteiger partial charge is 0.234 e. The second-order valence-corrected chi connectivity index (χ2v) is 4.28. The maximum Gasteiger partial charge on any atom is 0.234 e. The normalized spacial score (nSPS) is 10.8. The fraction of sp³-hybridized carbons (Fsp3) is 0.750. The molecule has 94 valence electrons. The average Bonchev–Trinajstić information content (AvgIpc) is 2.17. The Morgan fingerprint density at radius 2 is 2.25 bits per heavy atom. The van der Waals surface area contributed by atoms with Crippen LogP contribution in [0.5, 0.6) is 0 Å². The zero-order valence-electron chi connectivity index (χ0n) is 10.4. The van der Waals surface area contributed by atoms with E-state index in [9.17, 15) is 4.79 Å². The molecule has 0 atom stereocenters. The van der Waals surface area contributed by atoms with Gasteiger partial charge in [-0.15, -0.1) is 6.58 Å². The summed E-state index contributed by atoms with van der Waals surface area (Å²) in [5.74, 6) is 0.609. The highest BCUT2D eigenvalue weighted by atomic mass is 16.3. The van der Waals surface area contributed by atoms with Gasteiger partial charge in [0.2, 0.25) is 5.91 Å². The largest absolute Gasteiger partial charge is 0.395 e. The molecule has 0 saturated carbocycles. The fourth-order valence-electron chi connectivity index (χ4n) is 1.32.